The number of sulfonamides is 1. The first-order valence-electron chi connectivity index (χ1n) is 11.9. The van der Waals surface area contributed by atoms with Crippen molar-refractivity contribution in [3.63, 3.8) is 0 Å². The number of aliphatic hydroxyl groups is 1. The van der Waals surface area contributed by atoms with Crippen molar-refractivity contribution in [2.24, 2.45) is 5.92 Å². The van der Waals surface area contributed by atoms with E-state index in [2.05, 4.69) is 10.3 Å². The number of aromatic nitrogens is 1. The number of methoxy groups -OCH3 is 1. The number of hydrogen-bond donors (Lipinski definition) is 2. The molecule has 0 radical (unpaired) electrons. The summed E-state index contributed by atoms with van der Waals surface area (Å²) < 4.78 is 38.7. The van der Waals surface area contributed by atoms with Crippen LogP contribution in [0.4, 0.5) is 4.79 Å². The number of hydrogen-bond acceptors (Lipinski definition) is 8. The number of nitrogens with zero attached hydrogens (tertiary/aromatic N) is 2. The SMILES string of the molecule is COc1ccc(S(=O)(=O)N(CC(C)C)C[C@@H](O)[C@H](Cc2ccccc2)NC(=O)OCc2cncs2)cc1. The Kier molecular flexibility index (Phi) is 10.4. The molecule has 0 saturated carbocycles. The second kappa shape index (κ2) is 13.5. The fraction of sp³-hybridized carbons (Fsp3) is 0.385. The van der Waals surface area contributed by atoms with Crippen molar-refractivity contribution >= 4 is 27.5 Å². The largest absolute Gasteiger partial charge is 0.497 e. The molecule has 2 atom stereocenters. The predicted octanol–water partition coefficient (Wildman–Crippen LogP) is 3.70. The molecule has 0 bridgehead atoms. The summed E-state index contributed by atoms with van der Waals surface area (Å²) in [6.07, 6.45) is -0.0117. The number of aliphatic hydroxyl groups excluding tert-OH is 1. The molecular formula is C26H33N3O6S2. The first kappa shape index (κ1) is 28.6. The van der Waals surface area contributed by atoms with E-state index in [1.807, 2.05) is 44.2 Å². The molecule has 11 heteroatoms. The molecule has 0 aliphatic carbocycles. The number of carbonyl (C=O) groups excluding carboxylic acids is 1. The van der Waals surface area contributed by atoms with Crippen LogP contribution in [0.15, 0.2) is 71.2 Å². The molecule has 0 aliphatic rings. The molecule has 2 N–H and O–H groups in total. The van der Waals surface area contributed by atoms with Crippen LogP contribution in [0.1, 0.15) is 24.3 Å². The number of alkyl carbamates (subject to hydrolysis) is 1. The van der Waals surface area contributed by atoms with E-state index in [4.69, 9.17) is 9.47 Å². The van der Waals surface area contributed by atoms with E-state index in [0.29, 0.717) is 5.75 Å². The van der Waals surface area contributed by atoms with Gasteiger partial charge in [0.05, 0.1) is 34.5 Å². The molecule has 0 unspecified atom stereocenters. The lowest BCUT2D eigenvalue weighted by Crippen LogP contribution is -2.51. The van der Waals surface area contributed by atoms with Gasteiger partial charge in [0.15, 0.2) is 0 Å². The minimum atomic E-state index is -3.92. The number of ether oxygens (including phenoxy) is 2. The van der Waals surface area contributed by atoms with E-state index >= 15 is 0 Å². The normalized spacial score (nSPS) is 13.4. The number of nitrogens with one attached hydrogen (secondary N) is 1. The molecule has 0 saturated heterocycles. The van der Waals surface area contributed by atoms with Gasteiger partial charge >= 0.3 is 6.09 Å². The van der Waals surface area contributed by atoms with Crippen LogP contribution in [0.5, 0.6) is 5.75 Å². The summed E-state index contributed by atoms with van der Waals surface area (Å²) in [4.78, 5) is 17.4. The van der Waals surface area contributed by atoms with Gasteiger partial charge in [-0.15, -0.1) is 11.3 Å². The molecule has 1 heterocycles. The van der Waals surface area contributed by atoms with Gasteiger partial charge in [0.25, 0.3) is 0 Å². The van der Waals surface area contributed by atoms with Crippen molar-refractivity contribution in [1.82, 2.24) is 14.6 Å². The van der Waals surface area contributed by atoms with Gasteiger partial charge in [-0.1, -0.05) is 44.2 Å². The zero-order valence-corrected chi connectivity index (χ0v) is 22.7. The van der Waals surface area contributed by atoms with E-state index in [9.17, 15) is 18.3 Å². The summed E-state index contributed by atoms with van der Waals surface area (Å²) in [7, 11) is -2.42. The summed E-state index contributed by atoms with van der Waals surface area (Å²) in [5, 5.41) is 14.0. The lowest BCUT2D eigenvalue weighted by molar-refractivity contribution is 0.0876. The number of thiazole rings is 1. The average molecular weight is 548 g/mol. The third-order valence-electron chi connectivity index (χ3n) is 5.55. The van der Waals surface area contributed by atoms with Crippen molar-refractivity contribution in [3.05, 3.63) is 76.7 Å². The Labute approximate surface area is 222 Å². The fourth-order valence-electron chi connectivity index (χ4n) is 3.71. The van der Waals surface area contributed by atoms with Gasteiger partial charge in [-0.05, 0) is 42.2 Å². The van der Waals surface area contributed by atoms with E-state index in [1.165, 1.54) is 34.9 Å². The molecule has 0 fully saturated rings. The molecule has 1 aromatic heterocycles. The topological polar surface area (TPSA) is 118 Å². The van der Waals surface area contributed by atoms with Gasteiger partial charge in [-0.25, -0.2) is 13.2 Å². The van der Waals surface area contributed by atoms with Crippen LogP contribution in [-0.2, 0) is 27.8 Å². The van der Waals surface area contributed by atoms with E-state index in [1.54, 1.807) is 23.8 Å². The van der Waals surface area contributed by atoms with Crippen molar-refractivity contribution in [2.75, 3.05) is 20.2 Å². The standard InChI is InChI=1S/C26H33N3O6S2/c1-19(2)15-29(37(32,33)23-11-9-21(34-3)10-12-23)16-25(30)24(13-20-7-5-4-6-8-20)28-26(31)35-17-22-14-27-18-36-22/h4-12,14,18-19,24-25,30H,13,15-17H2,1-3H3,(H,28,31)/t24-,25+/m0/s1. The first-order valence-corrected chi connectivity index (χ1v) is 14.2. The van der Waals surface area contributed by atoms with Crippen LogP contribution < -0.4 is 10.1 Å². The Bertz CT molecular complexity index is 1200. The van der Waals surface area contributed by atoms with Gasteiger partial charge in [0.1, 0.15) is 12.4 Å². The zero-order chi connectivity index (χ0) is 26.8. The van der Waals surface area contributed by atoms with Crippen molar-refractivity contribution in [3.8, 4) is 5.75 Å². The number of benzene rings is 2. The molecular weight excluding hydrogens is 514 g/mol. The summed E-state index contributed by atoms with van der Waals surface area (Å²) in [6, 6.07) is 14.7. The summed E-state index contributed by atoms with van der Waals surface area (Å²) in [5.74, 6) is 0.545. The van der Waals surface area contributed by atoms with Crippen LogP contribution in [0.25, 0.3) is 0 Å². The van der Waals surface area contributed by atoms with Gasteiger partial charge < -0.3 is 19.9 Å². The van der Waals surface area contributed by atoms with Gasteiger partial charge in [-0.3, -0.25) is 4.98 Å². The molecule has 37 heavy (non-hydrogen) atoms. The Morgan fingerprint density at radius 1 is 1.11 bits per heavy atom. The van der Waals surface area contributed by atoms with Gasteiger partial charge in [0, 0.05) is 19.3 Å². The first-order chi connectivity index (χ1) is 17.7. The van der Waals surface area contributed by atoms with E-state index in [-0.39, 0.29) is 36.9 Å². The van der Waals surface area contributed by atoms with Crippen LogP contribution in [0.2, 0.25) is 0 Å². The van der Waals surface area contributed by atoms with Gasteiger partial charge in [-0.2, -0.15) is 4.31 Å². The molecule has 1 amide bonds. The summed E-state index contributed by atoms with van der Waals surface area (Å²) in [6.45, 7) is 3.84. The van der Waals surface area contributed by atoms with Crippen LogP contribution in [0.3, 0.4) is 0 Å². The fourth-order valence-corrected chi connectivity index (χ4v) is 5.83. The maximum Gasteiger partial charge on any atom is 0.407 e. The number of carbonyl (C=O) groups is 1. The quantitative estimate of drug-likeness (QED) is 0.335. The smallest absolute Gasteiger partial charge is 0.407 e. The molecule has 0 spiro atoms. The minimum absolute atomic E-state index is 0.00475. The molecule has 200 valence electrons. The van der Waals surface area contributed by atoms with Gasteiger partial charge in [0.2, 0.25) is 10.0 Å². The molecule has 2 aromatic carbocycles. The highest BCUT2D eigenvalue weighted by Crippen LogP contribution is 2.22. The van der Waals surface area contributed by atoms with Crippen LogP contribution >= 0.6 is 11.3 Å². The van der Waals surface area contributed by atoms with Crippen molar-refractivity contribution < 1.29 is 27.8 Å². The Morgan fingerprint density at radius 3 is 2.41 bits per heavy atom. The molecule has 9 nitrogen and oxygen atoms in total. The lowest BCUT2D eigenvalue weighted by Gasteiger charge is -2.30. The lowest BCUT2D eigenvalue weighted by atomic mass is 10.0. The predicted molar refractivity (Wildman–Crippen MR) is 142 cm³/mol. The summed E-state index contributed by atoms with van der Waals surface area (Å²) in [5.41, 5.74) is 2.52. The van der Waals surface area contributed by atoms with Crippen LogP contribution in [0, 0.1) is 5.92 Å². The minimum Gasteiger partial charge on any atom is -0.497 e. The van der Waals surface area contributed by atoms with E-state index in [0.717, 1.165) is 10.4 Å². The molecule has 0 aliphatic heterocycles. The monoisotopic (exact) mass is 547 g/mol. The third kappa shape index (κ3) is 8.53. The van der Waals surface area contributed by atoms with Crippen molar-refractivity contribution in [1.29, 1.82) is 0 Å². The Balaban J connectivity index is 1.79. The Hall–Kier alpha value is -2.99. The highest BCUT2D eigenvalue weighted by atomic mass is 32.2. The number of rotatable bonds is 13. The zero-order valence-electron chi connectivity index (χ0n) is 21.1. The van der Waals surface area contributed by atoms with E-state index < -0.39 is 28.3 Å². The van der Waals surface area contributed by atoms with Crippen molar-refractivity contribution in [2.45, 2.75) is 43.9 Å². The Morgan fingerprint density at radius 2 is 1.81 bits per heavy atom. The maximum absolute atomic E-state index is 13.5. The van der Waals surface area contributed by atoms with Crippen LogP contribution in [-0.4, -0.2) is 61.3 Å². The third-order valence-corrected chi connectivity index (χ3v) is 8.15. The molecule has 3 aromatic rings. The molecule has 3 rings (SSSR count). The number of amides is 1. The average Bonchev–Trinajstić information content (AvgIpc) is 3.41. The second-order valence-electron chi connectivity index (χ2n) is 8.94. The summed E-state index contributed by atoms with van der Waals surface area (Å²) >= 11 is 1.36. The second-order valence-corrected chi connectivity index (χ2v) is 11.9. The highest BCUT2D eigenvalue weighted by molar-refractivity contribution is 7.89. The highest BCUT2D eigenvalue weighted by Gasteiger charge is 2.31. The maximum atomic E-state index is 13.5.